The van der Waals surface area contributed by atoms with Crippen molar-refractivity contribution >= 4 is 35.2 Å². The van der Waals surface area contributed by atoms with E-state index in [1.165, 1.54) is 0 Å². The van der Waals surface area contributed by atoms with Crippen LogP contribution in [0, 0.1) is 11.8 Å². The molecule has 2 aromatic rings. The Morgan fingerprint density at radius 3 is 2.31 bits per heavy atom. The lowest BCUT2D eigenvalue weighted by atomic mass is 9.81. The van der Waals surface area contributed by atoms with Gasteiger partial charge in [-0.25, -0.2) is 14.3 Å². The summed E-state index contributed by atoms with van der Waals surface area (Å²) in [5, 5.41) is 12.4. The quantitative estimate of drug-likeness (QED) is 0.816. The Morgan fingerprint density at radius 2 is 1.65 bits per heavy atom. The molecule has 1 saturated heterocycles. The second kappa shape index (κ2) is 6.58. The summed E-state index contributed by atoms with van der Waals surface area (Å²) in [6, 6.07) is 8.25. The van der Waals surface area contributed by atoms with E-state index in [-0.39, 0.29) is 35.3 Å². The van der Waals surface area contributed by atoms with Crippen LogP contribution >= 0.6 is 0 Å². The first kappa shape index (κ1) is 16.2. The van der Waals surface area contributed by atoms with Gasteiger partial charge < -0.3 is 5.32 Å². The highest BCUT2D eigenvalue weighted by Gasteiger charge is 2.50. The largest absolute Gasteiger partial charge is 0.325 e. The van der Waals surface area contributed by atoms with E-state index in [0.717, 1.165) is 17.7 Å². The van der Waals surface area contributed by atoms with Crippen LogP contribution < -0.4 is 15.5 Å². The fourth-order valence-corrected chi connectivity index (χ4v) is 3.57. The van der Waals surface area contributed by atoms with Crippen molar-refractivity contribution in [1.82, 2.24) is 10.3 Å². The Kier molecular flexibility index (Phi) is 4.11. The molecule has 2 N–H and O–H groups in total. The van der Waals surface area contributed by atoms with Gasteiger partial charge in [-0.2, -0.15) is 0 Å². The van der Waals surface area contributed by atoms with Crippen molar-refractivity contribution in [3.05, 3.63) is 30.3 Å². The van der Waals surface area contributed by atoms with Crippen LogP contribution in [0.1, 0.15) is 25.7 Å². The lowest BCUT2D eigenvalue weighted by Crippen LogP contribution is -2.32. The van der Waals surface area contributed by atoms with E-state index >= 15 is 0 Å². The number of carbonyl (C=O) groups excluding carboxylic acids is 3. The van der Waals surface area contributed by atoms with Crippen LogP contribution in [0.15, 0.2) is 35.0 Å². The predicted octanol–water partition coefficient (Wildman–Crippen LogP) is 2.39. The lowest BCUT2D eigenvalue weighted by Gasteiger charge is -2.19. The van der Waals surface area contributed by atoms with Crippen LogP contribution in [0.3, 0.4) is 0 Å². The molecule has 1 aromatic carbocycles. The summed E-state index contributed by atoms with van der Waals surface area (Å²) in [6.07, 6.45) is 3.23. The van der Waals surface area contributed by atoms with E-state index in [2.05, 4.69) is 25.6 Å². The molecule has 9 heteroatoms. The van der Waals surface area contributed by atoms with E-state index in [1.807, 2.05) is 6.07 Å². The number of benzene rings is 1. The number of anilines is 3. The highest BCUT2D eigenvalue weighted by molar-refractivity contribution is 6.23. The Bertz CT molecular complexity index is 826. The zero-order valence-electron chi connectivity index (χ0n) is 13.8. The van der Waals surface area contributed by atoms with Gasteiger partial charge in [-0.15, -0.1) is 0 Å². The molecule has 2 fully saturated rings. The third-order valence-corrected chi connectivity index (χ3v) is 4.79. The minimum atomic E-state index is -0.579. The van der Waals surface area contributed by atoms with Crippen molar-refractivity contribution in [2.24, 2.45) is 11.8 Å². The van der Waals surface area contributed by atoms with Crippen LogP contribution in [0.25, 0.3) is 0 Å². The Morgan fingerprint density at radius 1 is 1.00 bits per heavy atom. The molecule has 26 heavy (non-hydrogen) atoms. The standard InChI is InChI=1S/C17H17N5O4/c23-15-11-8-4-5-9-12(11)16(24)22(15)14-13(20-26-21-14)19-17(25)18-10-6-2-1-3-7-10/h1-3,6-7,11-12H,4-5,8-9H2,(H2,18,19,20,25). The minimum absolute atomic E-state index is 0.0706. The van der Waals surface area contributed by atoms with E-state index in [9.17, 15) is 14.4 Å². The second-order valence-electron chi connectivity index (χ2n) is 6.39. The number of hydrogen-bond donors (Lipinski definition) is 2. The summed E-state index contributed by atoms with van der Waals surface area (Å²) < 4.78 is 4.67. The van der Waals surface area contributed by atoms with Gasteiger partial charge in [-0.1, -0.05) is 31.0 Å². The van der Waals surface area contributed by atoms with Gasteiger partial charge in [0.1, 0.15) is 0 Å². The maximum atomic E-state index is 12.6. The van der Waals surface area contributed by atoms with Crippen molar-refractivity contribution in [2.75, 3.05) is 15.5 Å². The normalized spacial score (nSPS) is 22.2. The first-order chi connectivity index (χ1) is 12.6. The zero-order chi connectivity index (χ0) is 18.1. The van der Waals surface area contributed by atoms with Crippen LogP contribution in [-0.2, 0) is 9.59 Å². The van der Waals surface area contributed by atoms with Gasteiger partial charge in [0.2, 0.25) is 23.5 Å². The Labute approximate surface area is 148 Å². The topological polar surface area (TPSA) is 117 Å². The minimum Gasteiger partial charge on any atom is -0.308 e. The first-order valence-corrected chi connectivity index (χ1v) is 8.48. The number of urea groups is 1. The highest BCUT2D eigenvalue weighted by Crippen LogP contribution is 2.40. The molecule has 4 rings (SSSR count). The van der Waals surface area contributed by atoms with E-state index in [4.69, 9.17) is 0 Å². The summed E-state index contributed by atoms with van der Waals surface area (Å²) in [4.78, 5) is 38.4. The Hall–Kier alpha value is -3.23. The summed E-state index contributed by atoms with van der Waals surface area (Å²) >= 11 is 0. The van der Waals surface area contributed by atoms with Crippen molar-refractivity contribution in [3.8, 4) is 0 Å². The van der Waals surface area contributed by atoms with Gasteiger partial charge in [0.05, 0.1) is 11.8 Å². The number of amides is 4. The lowest BCUT2D eigenvalue weighted by molar-refractivity contribution is -0.122. The van der Waals surface area contributed by atoms with E-state index in [1.54, 1.807) is 24.3 Å². The van der Waals surface area contributed by atoms with Gasteiger partial charge in [0.25, 0.3) is 0 Å². The van der Waals surface area contributed by atoms with Crippen molar-refractivity contribution in [2.45, 2.75) is 25.7 Å². The van der Waals surface area contributed by atoms with Gasteiger partial charge in [0.15, 0.2) is 0 Å². The number of aromatic nitrogens is 2. The fourth-order valence-electron chi connectivity index (χ4n) is 3.57. The molecule has 2 unspecified atom stereocenters. The molecule has 134 valence electrons. The summed E-state index contributed by atoms with van der Waals surface area (Å²) in [5.41, 5.74) is 0.586. The third-order valence-electron chi connectivity index (χ3n) is 4.79. The molecular formula is C17H17N5O4. The predicted molar refractivity (Wildman–Crippen MR) is 91.3 cm³/mol. The zero-order valence-corrected chi connectivity index (χ0v) is 13.8. The summed E-state index contributed by atoms with van der Waals surface area (Å²) in [5.74, 6) is -1.39. The molecule has 9 nitrogen and oxygen atoms in total. The van der Waals surface area contributed by atoms with Crippen LogP contribution in [-0.4, -0.2) is 28.2 Å². The summed E-state index contributed by atoms with van der Waals surface area (Å²) in [6.45, 7) is 0. The monoisotopic (exact) mass is 355 g/mol. The molecule has 2 atom stereocenters. The molecule has 0 radical (unpaired) electrons. The molecule has 2 heterocycles. The molecule has 1 aliphatic heterocycles. The molecule has 2 aliphatic rings. The number of rotatable bonds is 3. The van der Waals surface area contributed by atoms with E-state index < -0.39 is 6.03 Å². The number of hydrogen-bond acceptors (Lipinski definition) is 6. The maximum absolute atomic E-state index is 12.6. The average molecular weight is 355 g/mol. The van der Waals surface area contributed by atoms with E-state index in [0.29, 0.717) is 18.5 Å². The first-order valence-electron chi connectivity index (χ1n) is 8.48. The summed E-state index contributed by atoms with van der Waals surface area (Å²) in [7, 11) is 0. The number of para-hydroxylation sites is 1. The molecule has 0 spiro atoms. The number of nitrogens with zero attached hydrogens (tertiary/aromatic N) is 3. The maximum Gasteiger partial charge on any atom is 0.325 e. The van der Waals surface area contributed by atoms with Crippen molar-refractivity contribution in [3.63, 3.8) is 0 Å². The van der Waals surface area contributed by atoms with Crippen LogP contribution in [0.4, 0.5) is 22.1 Å². The molecule has 1 aromatic heterocycles. The molecule has 1 aliphatic carbocycles. The SMILES string of the molecule is O=C(Nc1ccccc1)Nc1nonc1N1C(=O)C2CCCCC2C1=O. The van der Waals surface area contributed by atoms with Crippen LogP contribution in [0.2, 0.25) is 0 Å². The smallest absolute Gasteiger partial charge is 0.308 e. The molecular weight excluding hydrogens is 338 g/mol. The van der Waals surface area contributed by atoms with Gasteiger partial charge in [-0.05, 0) is 35.3 Å². The van der Waals surface area contributed by atoms with Gasteiger partial charge in [0, 0.05) is 5.69 Å². The number of fused-ring (bicyclic) bond motifs is 1. The van der Waals surface area contributed by atoms with Crippen molar-refractivity contribution < 1.29 is 19.0 Å². The third kappa shape index (κ3) is 2.81. The Balaban J connectivity index is 1.52. The van der Waals surface area contributed by atoms with Gasteiger partial charge >= 0.3 is 6.03 Å². The van der Waals surface area contributed by atoms with Crippen molar-refractivity contribution in [1.29, 1.82) is 0 Å². The fraction of sp³-hybridized carbons (Fsp3) is 0.353. The average Bonchev–Trinajstić information content (AvgIpc) is 3.19. The molecule has 1 saturated carbocycles. The molecule has 0 bridgehead atoms. The van der Waals surface area contributed by atoms with Gasteiger partial charge in [-0.3, -0.25) is 14.9 Å². The van der Waals surface area contributed by atoms with Crippen LogP contribution in [0.5, 0.6) is 0 Å². The second-order valence-corrected chi connectivity index (χ2v) is 6.39. The molecule has 4 amide bonds. The number of imide groups is 1. The number of nitrogens with one attached hydrogen (secondary N) is 2. The highest BCUT2D eigenvalue weighted by atomic mass is 16.6. The number of carbonyl (C=O) groups is 3.